The van der Waals surface area contributed by atoms with Gasteiger partial charge in [0.15, 0.2) is 18.0 Å². The highest BCUT2D eigenvalue weighted by Crippen LogP contribution is 2.32. The number of H-pyrrole nitrogens is 1. The van der Waals surface area contributed by atoms with E-state index >= 15 is 0 Å². The number of carbonyl (C=O) groups excluding carboxylic acids is 5. The Balaban J connectivity index is 1.99. The molecule has 1 aromatic heterocycles. The SMILES string of the molecule is CC(=O)OC[C@H]1OC(Oc2ccc3[nH]c(C(C)=O)cc3c2)[C@H](OC(C)=O)[C@@H](OC(C)=O)[C@H]1OC(C)=O. The van der Waals surface area contributed by atoms with Gasteiger partial charge >= 0.3 is 23.9 Å². The number of nitrogens with one attached hydrogen (secondary N) is 1. The van der Waals surface area contributed by atoms with Crippen molar-refractivity contribution in [2.75, 3.05) is 6.61 Å². The second kappa shape index (κ2) is 11.2. The van der Waals surface area contributed by atoms with Gasteiger partial charge in [0, 0.05) is 45.5 Å². The zero-order valence-electron chi connectivity index (χ0n) is 20.4. The molecule has 0 spiro atoms. The molecule has 2 aromatic rings. The number of rotatable bonds is 8. The van der Waals surface area contributed by atoms with Crippen LogP contribution in [0.1, 0.15) is 45.1 Å². The molecule has 1 aliphatic heterocycles. The number of aromatic amines is 1. The summed E-state index contributed by atoms with van der Waals surface area (Å²) in [6.45, 7) is 5.66. The summed E-state index contributed by atoms with van der Waals surface area (Å²) >= 11 is 0. The largest absolute Gasteiger partial charge is 0.463 e. The Labute approximate surface area is 206 Å². The number of carbonyl (C=O) groups is 5. The zero-order valence-corrected chi connectivity index (χ0v) is 20.4. The number of esters is 4. The Morgan fingerprint density at radius 1 is 0.806 bits per heavy atom. The van der Waals surface area contributed by atoms with Crippen molar-refractivity contribution in [1.29, 1.82) is 0 Å². The molecule has 2 heterocycles. The number of aromatic nitrogens is 1. The van der Waals surface area contributed by atoms with Crippen molar-refractivity contribution in [2.45, 2.75) is 65.3 Å². The van der Waals surface area contributed by atoms with Crippen LogP contribution >= 0.6 is 0 Å². The topological polar surface area (TPSA) is 157 Å². The van der Waals surface area contributed by atoms with E-state index in [-0.39, 0.29) is 18.1 Å². The van der Waals surface area contributed by atoms with Gasteiger partial charge in [-0.2, -0.15) is 0 Å². The molecule has 0 bridgehead atoms. The smallest absolute Gasteiger partial charge is 0.303 e. The van der Waals surface area contributed by atoms with Gasteiger partial charge in [-0.05, 0) is 24.3 Å². The summed E-state index contributed by atoms with van der Waals surface area (Å²) in [4.78, 5) is 61.8. The molecule has 1 N–H and O–H groups in total. The number of fused-ring (bicyclic) bond motifs is 1. The van der Waals surface area contributed by atoms with Gasteiger partial charge in [0.25, 0.3) is 0 Å². The lowest BCUT2D eigenvalue weighted by Crippen LogP contribution is -2.63. The van der Waals surface area contributed by atoms with Crippen LogP contribution in [0.5, 0.6) is 5.75 Å². The van der Waals surface area contributed by atoms with Gasteiger partial charge in [0.1, 0.15) is 18.5 Å². The van der Waals surface area contributed by atoms with E-state index in [9.17, 15) is 24.0 Å². The number of ether oxygens (including phenoxy) is 6. The monoisotopic (exact) mass is 505 g/mol. The van der Waals surface area contributed by atoms with Crippen molar-refractivity contribution in [2.24, 2.45) is 0 Å². The summed E-state index contributed by atoms with van der Waals surface area (Å²) < 4.78 is 33.1. The van der Waals surface area contributed by atoms with Gasteiger partial charge < -0.3 is 33.4 Å². The summed E-state index contributed by atoms with van der Waals surface area (Å²) in [5, 5.41) is 0.670. The molecule has 3 rings (SSSR count). The highest BCUT2D eigenvalue weighted by atomic mass is 16.7. The molecule has 1 saturated heterocycles. The van der Waals surface area contributed by atoms with E-state index in [1.165, 1.54) is 13.8 Å². The Hall–Kier alpha value is -3.93. The average Bonchev–Trinajstić information content (AvgIpc) is 3.19. The minimum atomic E-state index is -1.35. The first-order valence-corrected chi connectivity index (χ1v) is 11.1. The highest BCUT2D eigenvalue weighted by Gasteiger charge is 2.53. The van der Waals surface area contributed by atoms with E-state index < -0.39 is 54.6 Å². The van der Waals surface area contributed by atoms with Gasteiger partial charge in [-0.25, -0.2) is 0 Å². The minimum Gasteiger partial charge on any atom is -0.463 e. The number of ketones is 1. The number of benzene rings is 1. The van der Waals surface area contributed by atoms with Crippen LogP contribution in [0.4, 0.5) is 0 Å². The zero-order chi connectivity index (χ0) is 26.6. The third-order valence-corrected chi connectivity index (χ3v) is 5.17. The summed E-state index contributed by atoms with van der Waals surface area (Å²) in [7, 11) is 0. The summed E-state index contributed by atoms with van der Waals surface area (Å²) in [5.41, 5.74) is 1.10. The Kier molecular flexibility index (Phi) is 8.30. The third-order valence-electron chi connectivity index (χ3n) is 5.17. The maximum absolute atomic E-state index is 11.9. The third kappa shape index (κ3) is 6.60. The molecule has 1 aromatic carbocycles. The van der Waals surface area contributed by atoms with Crippen LogP contribution < -0.4 is 4.74 Å². The van der Waals surface area contributed by atoms with E-state index in [2.05, 4.69) is 4.98 Å². The molecule has 12 heteroatoms. The van der Waals surface area contributed by atoms with E-state index in [4.69, 9.17) is 28.4 Å². The van der Waals surface area contributed by atoms with Crippen molar-refractivity contribution in [3.05, 3.63) is 30.0 Å². The molecular formula is C24H27NO11. The van der Waals surface area contributed by atoms with Crippen LogP contribution in [0, 0.1) is 0 Å². The molecule has 1 unspecified atom stereocenters. The van der Waals surface area contributed by atoms with Gasteiger partial charge in [0.05, 0.1) is 5.69 Å². The molecule has 0 saturated carbocycles. The van der Waals surface area contributed by atoms with Crippen molar-refractivity contribution < 1.29 is 52.4 Å². The summed E-state index contributed by atoms with van der Waals surface area (Å²) in [5.74, 6) is -2.70. The van der Waals surface area contributed by atoms with Gasteiger partial charge in [-0.15, -0.1) is 0 Å². The second-order valence-corrected chi connectivity index (χ2v) is 8.17. The fraction of sp³-hybridized carbons (Fsp3) is 0.458. The number of Topliss-reactive ketones (excluding diaryl/α,β-unsaturated/α-hetero) is 1. The van der Waals surface area contributed by atoms with Crippen molar-refractivity contribution >= 4 is 40.6 Å². The predicted octanol–water partition coefficient (Wildman–Crippen LogP) is 1.83. The number of hydrogen-bond donors (Lipinski definition) is 1. The fourth-order valence-electron chi connectivity index (χ4n) is 3.79. The predicted molar refractivity (Wildman–Crippen MR) is 121 cm³/mol. The lowest BCUT2D eigenvalue weighted by Gasteiger charge is -2.43. The molecular weight excluding hydrogens is 478 g/mol. The van der Waals surface area contributed by atoms with E-state index in [1.54, 1.807) is 24.3 Å². The van der Waals surface area contributed by atoms with Crippen molar-refractivity contribution in [3.63, 3.8) is 0 Å². The van der Waals surface area contributed by atoms with Crippen LogP contribution in [-0.4, -0.2) is 72.0 Å². The molecule has 0 aliphatic carbocycles. The molecule has 5 atom stereocenters. The lowest BCUT2D eigenvalue weighted by molar-refractivity contribution is -0.288. The molecule has 1 aliphatic rings. The maximum atomic E-state index is 11.9. The first-order valence-electron chi connectivity index (χ1n) is 11.1. The normalized spacial score (nSPS) is 23.4. The molecule has 0 radical (unpaired) electrons. The van der Waals surface area contributed by atoms with Crippen LogP contribution in [0.2, 0.25) is 0 Å². The van der Waals surface area contributed by atoms with Crippen molar-refractivity contribution in [3.8, 4) is 5.75 Å². The molecule has 12 nitrogen and oxygen atoms in total. The van der Waals surface area contributed by atoms with E-state index in [0.29, 0.717) is 16.6 Å². The lowest BCUT2D eigenvalue weighted by atomic mass is 9.98. The molecule has 0 amide bonds. The van der Waals surface area contributed by atoms with Gasteiger partial charge in [-0.3, -0.25) is 24.0 Å². The first-order chi connectivity index (χ1) is 16.9. The summed E-state index contributed by atoms with van der Waals surface area (Å²) in [6, 6.07) is 6.56. The average molecular weight is 505 g/mol. The standard InChI is InChI=1S/C24H27NO11/c1-11(26)19-9-16-8-17(6-7-18(16)25-19)35-24-23(34-15(5)30)22(33-14(4)29)21(32-13(3)28)20(36-24)10-31-12(2)27/h6-9,20-25H,10H2,1-5H3/t20-,21+,22+,23-,24?/m1/s1. The molecule has 194 valence electrons. The first kappa shape index (κ1) is 26.7. The quantitative estimate of drug-likeness (QED) is 0.317. The van der Waals surface area contributed by atoms with Crippen LogP contribution in [0.15, 0.2) is 24.3 Å². The Morgan fingerprint density at radius 2 is 1.42 bits per heavy atom. The molecule has 36 heavy (non-hydrogen) atoms. The summed E-state index contributed by atoms with van der Waals surface area (Å²) in [6.07, 6.45) is -6.44. The van der Waals surface area contributed by atoms with E-state index in [0.717, 1.165) is 20.8 Å². The minimum absolute atomic E-state index is 0.145. The van der Waals surface area contributed by atoms with Gasteiger partial charge in [0.2, 0.25) is 12.4 Å². The van der Waals surface area contributed by atoms with Crippen LogP contribution in [0.25, 0.3) is 10.9 Å². The van der Waals surface area contributed by atoms with Crippen LogP contribution in [0.3, 0.4) is 0 Å². The Morgan fingerprint density at radius 3 is 2.00 bits per heavy atom. The molecule has 1 fully saturated rings. The maximum Gasteiger partial charge on any atom is 0.303 e. The fourth-order valence-corrected chi connectivity index (χ4v) is 3.79. The Bertz CT molecular complexity index is 1170. The number of hydrogen-bond acceptors (Lipinski definition) is 11. The van der Waals surface area contributed by atoms with Gasteiger partial charge in [-0.1, -0.05) is 0 Å². The van der Waals surface area contributed by atoms with Crippen LogP contribution in [-0.2, 0) is 42.9 Å². The van der Waals surface area contributed by atoms with E-state index in [1.807, 2.05) is 0 Å². The second-order valence-electron chi connectivity index (χ2n) is 8.17. The highest BCUT2D eigenvalue weighted by molar-refractivity contribution is 5.98. The van der Waals surface area contributed by atoms with Crippen molar-refractivity contribution in [1.82, 2.24) is 4.98 Å².